The van der Waals surface area contributed by atoms with Gasteiger partial charge in [0.2, 0.25) is 0 Å². The Morgan fingerprint density at radius 3 is 2.62 bits per heavy atom. The number of urea groups is 1. The number of carbonyl (C=O) groups is 1. The van der Waals surface area contributed by atoms with E-state index in [9.17, 15) is 13.2 Å². The highest BCUT2D eigenvalue weighted by Gasteiger charge is 2.41. The number of aromatic amines is 1. The number of H-pyrrole nitrogens is 1. The Hall–Kier alpha value is -1.54. The van der Waals surface area contributed by atoms with Crippen LogP contribution in [0.2, 0.25) is 0 Å². The van der Waals surface area contributed by atoms with Crippen LogP contribution in [0.25, 0.3) is 10.9 Å². The quantitative estimate of drug-likeness (QED) is 0.662. The Balaban J connectivity index is 1.57. The zero-order valence-electron chi connectivity index (χ0n) is 14.8. The fourth-order valence-electron chi connectivity index (χ4n) is 3.61. The lowest BCUT2D eigenvalue weighted by atomic mass is 9.88. The normalized spacial score (nSPS) is 17.2. The van der Waals surface area contributed by atoms with Crippen LogP contribution in [0.4, 0.5) is 4.79 Å². The first kappa shape index (κ1) is 19.2. The fourth-order valence-corrected chi connectivity index (χ4v) is 5.36. The Morgan fingerprint density at radius 2 is 1.92 bits per heavy atom. The van der Waals surface area contributed by atoms with E-state index in [1.807, 2.05) is 24.3 Å². The summed E-state index contributed by atoms with van der Waals surface area (Å²) in [7, 11) is -3.22. The van der Waals surface area contributed by atoms with E-state index in [0.717, 1.165) is 40.3 Å². The molecule has 0 bridgehead atoms. The Kier molecular flexibility index (Phi) is 5.62. The van der Waals surface area contributed by atoms with Gasteiger partial charge in [0.15, 0.2) is 9.84 Å². The number of fused-ring (bicyclic) bond motifs is 1. The van der Waals surface area contributed by atoms with Crippen LogP contribution in [0.5, 0.6) is 0 Å². The molecule has 8 heteroatoms. The second kappa shape index (κ2) is 7.60. The smallest absolute Gasteiger partial charge is 0.315 e. The topological polar surface area (TPSA) is 91.1 Å². The van der Waals surface area contributed by atoms with Gasteiger partial charge in [0, 0.05) is 33.9 Å². The Bertz CT molecular complexity index is 902. The zero-order chi connectivity index (χ0) is 18.8. The number of carbonyl (C=O) groups excluding carboxylic acids is 1. The predicted octanol–water partition coefficient (Wildman–Crippen LogP) is 3.48. The molecule has 0 saturated heterocycles. The molecule has 2 aromatic rings. The molecule has 6 nitrogen and oxygen atoms in total. The van der Waals surface area contributed by atoms with E-state index in [4.69, 9.17) is 0 Å². The molecule has 1 aromatic carbocycles. The third-order valence-corrected chi connectivity index (χ3v) is 7.82. The molecule has 1 fully saturated rings. The molecule has 26 heavy (non-hydrogen) atoms. The highest BCUT2D eigenvalue weighted by atomic mass is 79.9. The highest BCUT2D eigenvalue weighted by Crippen LogP contribution is 2.34. The van der Waals surface area contributed by atoms with Crippen molar-refractivity contribution in [3.8, 4) is 0 Å². The van der Waals surface area contributed by atoms with Gasteiger partial charge in [0.25, 0.3) is 0 Å². The first-order chi connectivity index (χ1) is 12.3. The van der Waals surface area contributed by atoms with Gasteiger partial charge in [-0.15, -0.1) is 0 Å². The van der Waals surface area contributed by atoms with Crippen molar-refractivity contribution in [2.24, 2.45) is 0 Å². The lowest BCUT2D eigenvalue weighted by molar-refractivity contribution is 0.237. The van der Waals surface area contributed by atoms with Gasteiger partial charge in [0.05, 0.1) is 11.3 Å². The standard InChI is InChI=1S/C18H24BrN3O3S/c1-26(24,25)18(7-3-2-4-8-18)12-21-17(23)20-11-15-10-13-9-14(19)5-6-16(13)22-15/h5-6,9-10,22H,2-4,7-8,11-12H2,1H3,(H2,20,21,23). The van der Waals surface area contributed by atoms with Gasteiger partial charge in [-0.05, 0) is 37.1 Å². The van der Waals surface area contributed by atoms with E-state index < -0.39 is 14.6 Å². The van der Waals surface area contributed by atoms with Crippen LogP contribution in [0.3, 0.4) is 0 Å². The number of benzene rings is 1. The van der Waals surface area contributed by atoms with Crippen LogP contribution >= 0.6 is 15.9 Å². The monoisotopic (exact) mass is 441 g/mol. The van der Waals surface area contributed by atoms with Crippen molar-refractivity contribution >= 4 is 42.7 Å². The van der Waals surface area contributed by atoms with Gasteiger partial charge in [-0.1, -0.05) is 35.2 Å². The SMILES string of the molecule is CS(=O)(=O)C1(CNC(=O)NCc2cc3cc(Br)ccc3[nH]2)CCCCC1. The summed E-state index contributed by atoms with van der Waals surface area (Å²) in [5, 5.41) is 6.62. The molecule has 1 aromatic heterocycles. The van der Waals surface area contributed by atoms with Gasteiger partial charge in [-0.2, -0.15) is 0 Å². The summed E-state index contributed by atoms with van der Waals surface area (Å²) in [6.45, 7) is 0.515. The largest absolute Gasteiger partial charge is 0.357 e. The van der Waals surface area contributed by atoms with Crippen LogP contribution in [-0.4, -0.2) is 37.0 Å². The molecule has 2 amide bonds. The first-order valence-electron chi connectivity index (χ1n) is 8.78. The van der Waals surface area contributed by atoms with Crippen LogP contribution in [0.1, 0.15) is 37.8 Å². The maximum Gasteiger partial charge on any atom is 0.315 e. The van der Waals surface area contributed by atoms with Crippen molar-refractivity contribution in [1.82, 2.24) is 15.6 Å². The molecule has 3 N–H and O–H groups in total. The van der Waals surface area contributed by atoms with E-state index in [2.05, 4.69) is 31.5 Å². The lowest BCUT2D eigenvalue weighted by Gasteiger charge is -2.35. The summed E-state index contributed by atoms with van der Waals surface area (Å²) in [4.78, 5) is 15.4. The average molecular weight is 442 g/mol. The number of aromatic nitrogens is 1. The molecule has 1 saturated carbocycles. The van der Waals surface area contributed by atoms with E-state index in [-0.39, 0.29) is 12.6 Å². The van der Waals surface area contributed by atoms with E-state index in [0.29, 0.717) is 19.4 Å². The van der Waals surface area contributed by atoms with E-state index in [1.54, 1.807) is 0 Å². The van der Waals surface area contributed by atoms with E-state index in [1.165, 1.54) is 6.26 Å². The van der Waals surface area contributed by atoms with Gasteiger partial charge >= 0.3 is 6.03 Å². The molecule has 0 spiro atoms. The summed E-state index contributed by atoms with van der Waals surface area (Å²) < 4.78 is 24.7. The number of amides is 2. The fraction of sp³-hybridized carbons (Fsp3) is 0.500. The molecule has 1 aliphatic rings. The summed E-state index contributed by atoms with van der Waals surface area (Å²) in [6.07, 6.45) is 5.34. The molecular weight excluding hydrogens is 418 g/mol. The van der Waals surface area contributed by atoms with Crippen molar-refractivity contribution in [3.05, 3.63) is 34.4 Å². The van der Waals surface area contributed by atoms with Crippen molar-refractivity contribution in [2.75, 3.05) is 12.8 Å². The van der Waals surface area contributed by atoms with Gasteiger partial charge in [-0.3, -0.25) is 0 Å². The lowest BCUT2D eigenvalue weighted by Crippen LogP contribution is -2.51. The van der Waals surface area contributed by atoms with Crippen molar-refractivity contribution in [3.63, 3.8) is 0 Å². The third-order valence-electron chi connectivity index (χ3n) is 5.20. The minimum Gasteiger partial charge on any atom is -0.357 e. The second-order valence-electron chi connectivity index (χ2n) is 7.08. The van der Waals surface area contributed by atoms with Gasteiger partial charge < -0.3 is 15.6 Å². The maximum absolute atomic E-state index is 12.2. The van der Waals surface area contributed by atoms with Crippen molar-refractivity contribution in [1.29, 1.82) is 0 Å². The predicted molar refractivity (Wildman–Crippen MR) is 107 cm³/mol. The number of rotatable bonds is 5. The van der Waals surface area contributed by atoms with Crippen LogP contribution < -0.4 is 10.6 Å². The highest BCUT2D eigenvalue weighted by molar-refractivity contribution is 9.10. The molecule has 0 radical (unpaired) electrons. The average Bonchev–Trinajstić information content (AvgIpc) is 3.00. The Labute approximate surface area is 162 Å². The number of nitrogens with one attached hydrogen (secondary N) is 3. The van der Waals surface area contributed by atoms with E-state index >= 15 is 0 Å². The molecule has 3 rings (SSSR count). The number of hydrogen-bond acceptors (Lipinski definition) is 3. The van der Waals surface area contributed by atoms with Crippen molar-refractivity contribution in [2.45, 2.75) is 43.4 Å². The Morgan fingerprint density at radius 1 is 1.19 bits per heavy atom. The van der Waals surface area contributed by atoms with Crippen LogP contribution in [-0.2, 0) is 16.4 Å². The minimum absolute atomic E-state index is 0.164. The summed E-state index contributed by atoms with van der Waals surface area (Å²) in [5.41, 5.74) is 1.90. The van der Waals surface area contributed by atoms with Crippen molar-refractivity contribution < 1.29 is 13.2 Å². The van der Waals surface area contributed by atoms with Gasteiger partial charge in [0.1, 0.15) is 0 Å². The van der Waals surface area contributed by atoms with Gasteiger partial charge in [-0.25, -0.2) is 13.2 Å². The molecule has 0 aliphatic heterocycles. The number of halogens is 1. The minimum atomic E-state index is -3.22. The number of hydrogen-bond donors (Lipinski definition) is 3. The maximum atomic E-state index is 12.2. The molecule has 1 heterocycles. The zero-order valence-corrected chi connectivity index (χ0v) is 17.2. The number of sulfone groups is 1. The molecule has 0 atom stereocenters. The summed E-state index contributed by atoms with van der Waals surface area (Å²) >= 11 is 3.44. The first-order valence-corrected chi connectivity index (χ1v) is 11.5. The summed E-state index contributed by atoms with van der Waals surface area (Å²) in [5.74, 6) is 0. The molecule has 142 valence electrons. The van der Waals surface area contributed by atoms with Crippen LogP contribution in [0.15, 0.2) is 28.7 Å². The molecule has 1 aliphatic carbocycles. The second-order valence-corrected chi connectivity index (χ2v) is 10.4. The molecular formula is C18H24BrN3O3S. The third kappa shape index (κ3) is 4.23. The van der Waals surface area contributed by atoms with Crippen LogP contribution in [0, 0.1) is 0 Å². The molecule has 0 unspecified atom stereocenters. The summed E-state index contributed by atoms with van der Waals surface area (Å²) in [6, 6.07) is 7.58.